The summed E-state index contributed by atoms with van der Waals surface area (Å²) in [6, 6.07) is 10.8. The predicted octanol–water partition coefficient (Wildman–Crippen LogP) is 3.05. The Morgan fingerprint density at radius 1 is 1.20 bits per heavy atom. The van der Waals surface area contributed by atoms with Crippen molar-refractivity contribution in [1.82, 2.24) is 4.98 Å². The van der Waals surface area contributed by atoms with Crippen LogP contribution in [0.25, 0.3) is 0 Å². The Bertz CT molecular complexity index is 593. The minimum Gasteiger partial charge on any atom is -0.324 e. The highest BCUT2D eigenvalue weighted by Crippen LogP contribution is 2.14. The Morgan fingerprint density at radius 2 is 1.90 bits per heavy atom. The molecular weight excluding hydrogens is 252 g/mol. The summed E-state index contributed by atoms with van der Waals surface area (Å²) in [5, 5.41) is 5.43. The number of hydrogen-bond donors (Lipinski definition) is 3. The fourth-order valence-electron chi connectivity index (χ4n) is 1.75. The number of carbonyl (C=O) groups is 1. The van der Waals surface area contributed by atoms with Crippen LogP contribution in [0, 0.1) is 6.92 Å². The zero-order valence-corrected chi connectivity index (χ0v) is 11.6. The SMILES string of the molecule is Cc1ccnc(NC(=O)Nc2ccc(C(C)N)cc2)c1. The van der Waals surface area contributed by atoms with Crippen molar-refractivity contribution < 1.29 is 4.79 Å². The summed E-state index contributed by atoms with van der Waals surface area (Å²) in [5.74, 6) is 0.523. The second-order valence-electron chi connectivity index (χ2n) is 4.71. The Hall–Kier alpha value is -2.40. The van der Waals surface area contributed by atoms with Gasteiger partial charge in [-0.15, -0.1) is 0 Å². The maximum atomic E-state index is 11.8. The predicted molar refractivity (Wildman–Crippen MR) is 80.7 cm³/mol. The molecule has 0 aliphatic carbocycles. The molecule has 1 aromatic carbocycles. The van der Waals surface area contributed by atoms with E-state index in [1.54, 1.807) is 12.3 Å². The van der Waals surface area contributed by atoms with E-state index in [0.29, 0.717) is 11.5 Å². The third kappa shape index (κ3) is 3.80. The number of carbonyl (C=O) groups excluding carboxylic acids is 1. The molecule has 0 fully saturated rings. The average Bonchev–Trinajstić information content (AvgIpc) is 2.39. The highest BCUT2D eigenvalue weighted by Gasteiger charge is 2.04. The molecule has 4 N–H and O–H groups in total. The van der Waals surface area contributed by atoms with Gasteiger partial charge in [-0.05, 0) is 49.2 Å². The third-order valence-electron chi connectivity index (χ3n) is 2.85. The van der Waals surface area contributed by atoms with Crippen molar-refractivity contribution in [2.24, 2.45) is 5.73 Å². The summed E-state index contributed by atoms with van der Waals surface area (Å²) in [6.07, 6.45) is 1.66. The molecule has 1 atom stereocenters. The summed E-state index contributed by atoms with van der Waals surface area (Å²) < 4.78 is 0. The second kappa shape index (κ2) is 6.16. The molecule has 104 valence electrons. The third-order valence-corrected chi connectivity index (χ3v) is 2.85. The molecule has 0 aliphatic heterocycles. The molecule has 0 aliphatic rings. The van der Waals surface area contributed by atoms with Gasteiger partial charge in [0.1, 0.15) is 5.82 Å². The zero-order valence-electron chi connectivity index (χ0n) is 11.6. The quantitative estimate of drug-likeness (QED) is 0.802. The van der Waals surface area contributed by atoms with Crippen LogP contribution >= 0.6 is 0 Å². The van der Waals surface area contributed by atoms with Crippen molar-refractivity contribution in [3.63, 3.8) is 0 Å². The van der Waals surface area contributed by atoms with Gasteiger partial charge in [0.25, 0.3) is 0 Å². The van der Waals surface area contributed by atoms with Crippen LogP contribution in [0.3, 0.4) is 0 Å². The molecule has 1 unspecified atom stereocenters. The number of hydrogen-bond acceptors (Lipinski definition) is 3. The number of urea groups is 1. The van der Waals surface area contributed by atoms with E-state index >= 15 is 0 Å². The summed E-state index contributed by atoms with van der Waals surface area (Å²) in [5.41, 5.74) is 8.54. The van der Waals surface area contributed by atoms with Crippen LogP contribution in [0.1, 0.15) is 24.1 Å². The first-order chi connectivity index (χ1) is 9.54. The molecule has 2 amide bonds. The fraction of sp³-hybridized carbons (Fsp3) is 0.200. The number of aryl methyl sites for hydroxylation is 1. The van der Waals surface area contributed by atoms with Crippen molar-refractivity contribution in [2.45, 2.75) is 19.9 Å². The normalized spacial score (nSPS) is 11.8. The number of aromatic nitrogens is 1. The summed E-state index contributed by atoms with van der Waals surface area (Å²) in [6.45, 7) is 3.86. The molecule has 2 rings (SSSR count). The lowest BCUT2D eigenvalue weighted by Crippen LogP contribution is -2.20. The zero-order chi connectivity index (χ0) is 14.5. The number of nitrogens with zero attached hydrogens (tertiary/aromatic N) is 1. The van der Waals surface area contributed by atoms with Gasteiger partial charge < -0.3 is 11.1 Å². The highest BCUT2D eigenvalue weighted by atomic mass is 16.2. The number of benzene rings is 1. The first-order valence-corrected chi connectivity index (χ1v) is 6.41. The van der Waals surface area contributed by atoms with Crippen molar-refractivity contribution in [3.8, 4) is 0 Å². The molecule has 0 radical (unpaired) electrons. The largest absolute Gasteiger partial charge is 0.324 e. The molecule has 0 spiro atoms. The Balaban J connectivity index is 1.97. The lowest BCUT2D eigenvalue weighted by Gasteiger charge is -2.09. The Labute approximate surface area is 118 Å². The van der Waals surface area contributed by atoms with Crippen molar-refractivity contribution in [3.05, 3.63) is 53.7 Å². The van der Waals surface area contributed by atoms with E-state index in [1.165, 1.54) is 0 Å². The summed E-state index contributed by atoms with van der Waals surface area (Å²) >= 11 is 0. The van der Waals surface area contributed by atoms with E-state index in [9.17, 15) is 4.79 Å². The van der Waals surface area contributed by atoms with Crippen molar-refractivity contribution >= 4 is 17.5 Å². The van der Waals surface area contributed by atoms with Gasteiger partial charge in [-0.1, -0.05) is 12.1 Å². The lowest BCUT2D eigenvalue weighted by atomic mass is 10.1. The molecule has 5 nitrogen and oxygen atoms in total. The van der Waals surface area contributed by atoms with Crippen LogP contribution in [-0.4, -0.2) is 11.0 Å². The number of nitrogens with two attached hydrogens (primary N) is 1. The average molecular weight is 270 g/mol. The van der Waals surface area contributed by atoms with Crippen LogP contribution in [0.2, 0.25) is 0 Å². The molecule has 0 saturated heterocycles. The van der Waals surface area contributed by atoms with E-state index in [-0.39, 0.29) is 12.1 Å². The first kappa shape index (κ1) is 14.0. The van der Waals surface area contributed by atoms with Crippen LogP contribution in [0.15, 0.2) is 42.6 Å². The van der Waals surface area contributed by atoms with E-state index in [2.05, 4.69) is 15.6 Å². The van der Waals surface area contributed by atoms with Gasteiger partial charge in [0.05, 0.1) is 0 Å². The highest BCUT2D eigenvalue weighted by molar-refractivity contribution is 5.99. The fourth-order valence-corrected chi connectivity index (χ4v) is 1.75. The van der Waals surface area contributed by atoms with Crippen molar-refractivity contribution in [1.29, 1.82) is 0 Å². The topological polar surface area (TPSA) is 80.0 Å². The smallest absolute Gasteiger partial charge is 0.324 e. The van der Waals surface area contributed by atoms with E-state index in [4.69, 9.17) is 5.73 Å². The van der Waals surface area contributed by atoms with Gasteiger partial charge in [0.2, 0.25) is 0 Å². The van der Waals surface area contributed by atoms with Gasteiger partial charge >= 0.3 is 6.03 Å². The molecular formula is C15H18N4O. The van der Waals surface area contributed by atoms with E-state index < -0.39 is 0 Å². The maximum absolute atomic E-state index is 11.8. The van der Waals surface area contributed by atoms with Gasteiger partial charge in [0.15, 0.2) is 0 Å². The molecule has 1 heterocycles. The van der Waals surface area contributed by atoms with Crippen molar-refractivity contribution in [2.75, 3.05) is 10.6 Å². The molecule has 2 aromatic rings. The minimum absolute atomic E-state index is 0.0191. The number of anilines is 2. The monoisotopic (exact) mass is 270 g/mol. The summed E-state index contributed by atoms with van der Waals surface area (Å²) in [7, 11) is 0. The lowest BCUT2D eigenvalue weighted by molar-refractivity contribution is 0.262. The standard InChI is InChI=1S/C15H18N4O/c1-10-7-8-17-14(9-10)19-15(20)18-13-5-3-12(4-6-13)11(2)16/h3-9,11H,16H2,1-2H3,(H2,17,18,19,20). The van der Waals surface area contributed by atoms with E-state index in [0.717, 1.165) is 11.1 Å². The van der Waals surface area contributed by atoms with Crippen LogP contribution in [-0.2, 0) is 0 Å². The molecule has 0 saturated carbocycles. The second-order valence-corrected chi connectivity index (χ2v) is 4.71. The van der Waals surface area contributed by atoms with Crippen LogP contribution < -0.4 is 16.4 Å². The van der Waals surface area contributed by atoms with Crippen LogP contribution in [0.4, 0.5) is 16.3 Å². The Kier molecular flexibility index (Phi) is 4.32. The van der Waals surface area contributed by atoms with Crippen LogP contribution in [0.5, 0.6) is 0 Å². The number of rotatable bonds is 3. The molecule has 20 heavy (non-hydrogen) atoms. The maximum Gasteiger partial charge on any atom is 0.324 e. The number of nitrogens with one attached hydrogen (secondary N) is 2. The van der Waals surface area contributed by atoms with Gasteiger partial charge in [-0.25, -0.2) is 9.78 Å². The van der Waals surface area contributed by atoms with Gasteiger partial charge in [-0.3, -0.25) is 5.32 Å². The molecule has 5 heteroatoms. The number of amides is 2. The number of pyridine rings is 1. The molecule has 0 bridgehead atoms. The first-order valence-electron chi connectivity index (χ1n) is 6.41. The molecule has 1 aromatic heterocycles. The van der Waals surface area contributed by atoms with Gasteiger partial charge in [-0.2, -0.15) is 0 Å². The Morgan fingerprint density at radius 3 is 2.50 bits per heavy atom. The minimum atomic E-state index is -0.323. The van der Waals surface area contributed by atoms with E-state index in [1.807, 2.05) is 44.2 Å². The van der Waals surface area contributed by atoms with Gasteiger partial charge in [0, 0.05) is 17.9 Å². The summed E-state index contributed by atoms with van der Waals surface area (Å²) in [4.78, 5) is 15.9.